The fourth-order valence-electron chi connectivity index (χ4n) is 2.17. The Bertz CT molecular complexity index is 927. The number of amides is 1. The lowest BCUT2D eigenvalue weighted by molar-refractivity contribution is -0.123. The molecule has 1 heterocycles. The van der Waals surface area contributed by atoms with Gasteiger partial charge in [0, 0.05) is 16.6 Å². The molecule has 1 N–H and O–H groups in total. The molecule has 0 aliphatic heterocycles. The van der Waals surface area contributed by atoms with Crippen molar-refractivity contribution in [2.45, 2.75) is 13.0 Å². The molecule has 0 fully saturated rings. The van der Waals surface area contributed by atoms with Crippen LogP contribution in [-0.2, 0) is 9.53 Å². The fourth-order valence-corrected chi connectivity index (χ4v) is 2.96. The van der Waals surface area contributed by atoms with Gasteiger partial charge in [-0.1, -0.05) is 36.4 Å². The molecule has 0 spiro atoms. The van der Waals surface area contributed by atoms with Gasteiger partial charge in [-0.05, 0) is 25.1 Å². The quantitative estimate of drug-likeness (QED) is 0.686. The number of carbonyl (C=O) groups is 2. The largest absolute Gasteiger partial charge is 0.448 e. The predicted octanol–water partition coefficient (Wildman–Crippen LogP) is 4.13. The number of rotatable bonds is 5. The lowest BCUT2D eigenvalue weighted by Crippen LogP contribution is -2.30. The van der Waals surface area contributed by atoms with Crippen LogP contribution in [0.4, 0.5) is 10.1 Å². The molecule has 0 saturated carbocycles. The summed E-state index contributed by atoms with van der Waals surface area (Å²) in [6.07, 6.45) is -1.05. The molecule has 1 amide bonds. The van der Waals surface area contributed by atoms with E-state index in [0.717, 1.165) is 5.56 Å². The van der Waals surface area contributed by atoms with E-state index in [-0.39, 0.29) is 11.4 Å². The van der Waals surface area contributed by atoms with Gasteiger partial charge in [0.15, 0.2) is 11.8 Å². The van der Waals surface area contributed by atoms with Crippen LogP contribution in [0.5, 0.6) is 0 Å². The third-order valence-corrected chi connectivity index (χ3v) is 4.37. The molecule has 0 aliphatic rings. The van der Waals surface area contributed by atoms with Crippen LogP contribution in [0.2, 0.25) is 0 Å². The molecule has 1 atom stereocenters. The Labute approximate surface area is 153 Å². The SMILES string of the molecule is C[C@H](OC(=O)c1csc(-c2ccccc2)n1)C(=O)Nc1cccc(F)c1. The first kappa shape index (κ1) is 17.8. The van der Waals surface area contributed by atoms with Crippen LogP contribution in [0.15, 0.2) is 60.0 Å². The maximum atomic E-state index is 13.1. The number of nitrogens with zero attached hydrogens (tertiary/aromatic N) is 1. The zero-order valence-electron chi connectivity index (χ0n) is 13.8. The molecular weight excluding hydrogens is 355 g/mol. The van der Waals surface area contributed by atoms with Gasteiger partial charge < -0.3 is 10.1 Å². The van der Waals surface area contributed by atoms with Gasteiger partial charge in [-0.3, -0.25) is 4.79 Å². The van der Waals surface area contributed by atoms with Gasteiger partial charge in [-0.2, -0.15) is 0 Å². The Morgan fingerprint density at radius 2 is 1.92 bits per heavy atom. The highest BCUT2D eigenvalue weighted by Crippen LogP contribution is 2.23. The summed E-state index contributed by atoms with van der Waals surface area (Å²) in [5.41, 5.74) is 1.32. The number of aromatic nitrogens is 1. The van der Waals surface area contributed by atoms with Crippen molar-refractivity contribution in [1.29, 1.82) is 0 Å². The normalized spacial score (nSPS) is 11.6. The summed E-state index contributed by atoms with van der Waals surface area (Å²) in [5, 5.41) is 4.77. The molecule has 5 nitrogen and oxygen atoms in total. The molecule has 0 radical (unpaired) electrons. The van der Waals surface area contributed by atoms with Crippen LogP contribution in [-0.4, -0.2) is 23.0 Å². The zero-order chi connectivity index (χ0) is 18.5. The molecule has 0 aliphatic carbocycles. The maximum absolute atomic E-state index is 13.1. The summed E-state index contributed by atoms with van der Waals surface area (Å²) in [7, 11) is 0. The third kappa shape index (κ3) is 4.31. The molecule has 132 valence electrons. The highest BCUT2D eigenvalue weighted by atomic mass is 32.1. The van der Waals surface area contributed by atoms with E-state index in [1.54, 1.807) is 11.4 Å². The summed E-state index contributed by atoms with van der Waals surface area (Å²) in [4.78, 5) is 28.5. The Balaban J connectivity index is 1.62. The number of hydrogen-bond acceptors (Lipinski definition) is 5. The lowest BCUT2D eigenvalue weighted by atomic mass is 10.2. The van der Waals surface area contributed by atoms with E-state index in [1.807, 2.05) is 30.3 Å². The Morgan fingerprint density at radius 3 is 2.65 bits per heavy atom. The zero-order valence-corrected chi connectivity index (χ0v) is 14.6. The summed E-state index contributed by atoms with van der Waals surface area (Å²) in [6, 6.07) is 14.9. The van der Waals surface area contributed by atoms with Gasteiger partial charge in [0.1, 0.15) is 10.8 Å². The van der Waals surface area contributed by atoms with E-state index in [9.17, 15) is 14.0 Å². The smallest absolute Gasteiger partial charge is 0.358 e. The number of ether oxygens (including phenoxy) is 1. The van der Waals surface area contributed by atoms with Crippen LogP contribution in [0.1, 0.15) is 17.4 Å². The average Bonchev–Trinajstić information content (AvgIpc) is 3.12. The standard InChI is InChI=1S/C19H15FN2O3S/c1-12(17(23)21-15-9-5-8-14(20)10-15)25-19(24)16-11-26-18(22-16)13-6-3-2-4-7-13/h2-12H,1H3,(H,21,23)/t12-/m0/s1. The highest BCUT2D eigenvalue weighted by molar-refractivity contribution is 7.13. The number of halogens is 1. The monoisotopic (exact) mass is 370 g/mol. The number of carbonyl (C=O) groups excluding carboxylic acids is 2. The van der Waals surface area contributed by atoms with E-state index >= 15 is 0 Å². The molecule has 1 aromatic heterocycles. The molecule has 26 heavy (non-hydrogen) atoms. The molecule has 0 saturated heterocycles. The number of thiazole rings is 1. The van der Waals surface area contributed by atoms with Crippen molar-refractivity contribution in [2.75, 3.05) is 5.32 Å². The molecule has 0 bridgehead atoms. The van der Waals surface area contributed by atoms with Crippen molar-refractivity contribution >= 4 is 28.9 Å². The van der Waals surface area contributed by atoms with Crippen molar-refractivity contribution in [3.63, 3.8) is 0 Å². The Morgan fingerprint density at radius 1 is 1.15 bits per heavy atom. The molecule has 0 unspecified atom stereocenters. The summed E-state index contributed by atoms with van der Waals surface area (Å²) in [5.74, 6) is -1.71. The van der Waals surface area contributed by atoms with E-state index in [4.69, 9.17) is 4.74 Å². The fraction of sp³-hybridized carbons (Fsp3) is 0.105. The summed E-state index contributed by atoms with van der Waals surface area (Å²) >= 11 is 1.32. The van der Waals surface area contributed by atoms with Crippen molar-refractivity contribution in [2.24, 2.45) is 0 Å². The Hall–Kier alpha value is -3.06. The second-order valence-electron chi connectivity index (χ2n) is 5.45. The molecular formula is C19H15FN2O3S. The van der Waals surface area contributed by atoms with E-state index in [2.05, 4.69) is 10.3 Å². The number of esters is 1. The molecule has 3 aromatic rings. The van der Waals surface area contributed by atoms with E-state index in [0.29, 0.717) is 5.01 Å². The third-order valence-electron chi connectivity index (χ3n) is 3.48. The van der Waals surface area contributed by atoms with Crippen LogP contribution in [0.3, 0.4) is 0 Å². The molecule has 7 heteroatoms. The van der Waals surface area contributed by atoms with Crippen molar-refractivity contribution in [3.8, 4) is 10.6 Å². The number of anilines is 1. The minimum atomic E-state index is -1.05. The van der Waals surface area contributed by atoms with E-state index in [1.165, 1.54) is 36.5 Å². The van der Waals surface area contributed by atoms with Crippen molar-refractivity contribution < 1.29 is 18.7 Å². The van der Waals surface area contributed by atoms with Gasteiger partial charge in [0.25, 0.3) is 5.91 Å². The first-order chi connectivity index (χ1) is 12.5. The van der Waals surface area contributed by atoms with Crippen LogP contribution in [0, 0.1) is 5.82 Å². The van der Waals surface area contributed by atoms with Crippen LogP contribution >= 0.6 is 11.3 Å². The first-order valence-electron chi connectivity index (χ1n) is 7.81. The van der Waals surface area contributed by atoms with Gasteiger partial charge in [-0.25, -0.2) is 14.2 Å². The molecule has 3 rings (SSSR count). The van der Waals surface area contributed by atoms with Gasteiger partial charge >= 0.3 is 5.97 Å². The maximum Gasteiger partial charge on any atom is 0.358 e. The molecule has 2 aromatic carbocycles. The highest BCUT2D eigenvalue weighted by Gasteiger charge is 2.21. The summed E-state index contributed by atoms with van der Waals surface area (Å²) in [6.45, 7) is 1.44. The lowest BCUT2D eigenvalue weighted by Gasteiger charge is -2.12. The van der Waals surface area contributed by atoms with Crippen molar-refractivity contribution in [1.82, 2.24) is 4.98 Å². The summed E-state index contributed by atoms with van der Waals surface area (Å²) < 4.78 is 18.3. The van der Waals surface area contributed by atoms with Crippen LogP contribution < -0.4 is 5.32 Å². The van der Waals surface area contributed by atoms with Gasteiger partial charge in [-0.15, -0.1) is 11.3 Å². The van der Waals surface area contributed by atoms with Crippen LogP contribution in [0.25, 0.3) is 10.6 Å². The number of benzene rings is 2. The second-order valence-corrected chi connectivity index (χ2v) is 6.31. The average molecular weight is 370 g/mol. The minimum absolute atomic E-state index is 0.138. The van der Waals surface area contributed by atoms with Crippen molar-refractivity contribution in [3.05, 3.63) is 71.5 Å². The van der Waals surface area contributed by atoms with E-state index < -0.39 is 23.8 Å². The first-order valence-corrected chi connectivity index (χ1v) is 8.69. The van der Waals surface area contributed by atoms with Gasteiger partial charge in [0.2, 0.25) is 0 Å². The Kier molecular flexibility index (Phi) is 5.38. The topological polar surface area (TPSA) is 68.3 Å². The number of hydrogen-bond donors (Lipinski definition) is 1. The second kappa shape index (κ2) is 7.88. The minimum Gasteiger partial charge on any atom is -0.448 e. The van der Waals surface area contributed by atoms with Gasteiger partial charge in [0.05, 0.1) is 0 Å². The number of nitrogens with one attached hydrogen (secondary N) is 1. The predicted molar refractivity (Wildman–Crippen MR) is 97.5 cm³/mol.